The number of amides is 3. The molecule has 2 rings (SSSR count). The van der Waals surface area contributed by atoms with E-state index in [1.807, 2.05) is 24.0 Å². The monoisotopic (exact) mass is 433 g/mol. The van der Waals surface area contributed by atoms with Crippen LogP contribution in [0, 0.1) is 5.92 Å². The molecule has 1 aliphatic rings. The lowest BCUT2D eigenvalue weighted by Crippen LogP contribution is -2.42. The van der Waals surface area contributed by atoms with E-state index in [0.717, 1.165) is 18.6 Å². The molecule has 8 nitrogen and oxygen atoms in total. The third kappa shape index (κ3) is 8.86. The number of rotatable bonds is 8. The predicted molar refractivity (Wildman–Crippen MR) is 118 cm³/mol. The smallest absolute Gasteiger partial charge is 0.407 e. The molecule has 1 aromatic carbocycles. The number of nitrogens with zero attached hydrogens (tertiary/aromatic N) is 1. The number of hydrogen-bond acceptors (Lipinski definition) is 5. The Hall–Kier alpha value is -2.77. The molecule has 172 valence electrons. The van der Waals surface area contributed by atoms with E-state index in [9.17, 15) is 14.4 Å². The van der Waals surface area contributed by atoms with Gasteiger partial charge in [-0.15, -0.1) is 0 Å². The van der Waals surface area contributed by atoms with Crippen LogP contribution in [0.2, 0.25) is 0 Å². The first-order chi connectivity index (χ1) is 14.7. The summed E-state index contributed by atoms with van der Waals surface area (Å²) in [4.78, 5) is 38.1. The second-order valence-corrected chi connectivity index (χ2v) is 8.68. The van der Waals surface area contributed by atoms with Crippen molar-refractivity contribution in [3.05, 3.63) is 29.8 Å². The number of piperidine rings is 1. The van der Waals surface area contributed by atoms with Crippen molar-refractivity contribution < 1.29 is 23.9 Å². The standard InChI is InChI=1S/C23H35N3O5/c1-5-30-19-8-6-18(7-9-19)21(28)26-14-11-17(12-15-26)16-25-20(27)10-13-24-22(29)31-23(2,3)4/h6-9,17H,5,10-16H2,1-4H3,(H,24,29)(H,25,27). The number of carbonyl (C=O) groups excluding carboxylic acids is 3. The van der Waals surface area contributed by atoms with E-state index in [2.05, 4.69) is 10.6 Å². The van der Waals surface area contributed by atoms with E-state index in [0.29, 0.717) is 37.7 Å². The summed E-state index contributed by atoms with van der Waals surface area (Å²) in [5.74, 6) is 1.02. The molecular formula is C23H35N3O5. The Labute approximate surface area is 184 Å². The minimum Gasteiger partial charge on any atom is -0.494 e. The van der Waals surface area contributed by atoms with Crippen LogP contribution >= 0.6 is 0 Å². The molecule has 1 fully saturated rings. The molecular weight excluding hydrogens is 398 g/mol. The average Bonchev–Trinajstić information content (AvgIpc) is 2.71. The molecule has 8 heteroatoms. The number of ether oxygens (including phenoxy) is 2. The van der Waals surface area contributed by atoms with E-state index in [1.54, 1.807) is 32.9 Å². The van der Waals surface area contributed by atoms with Crippen LogP contribution in [-0.4, -0.2) is 61.2 Å². The van der Waals surface area contributed by atoms with Gasteiger partial charge in [-0.25, -0.2) is 4.79 Å². The van der Waals surface area contributed by atoms with Crippen LogP contribution < -0.4 is 15.4 Å². The Bertz CT molecular complexity index is 735. The lowest BCUT2D eigenvalue weighted by atomic mass is 9.96. The lowest BCUT2D eigenvalue weighted by molar-refractivity contribution is -0.121. The van der Waals surface area contributed by atoms with Crippen molar-refractivity contribution >= 4 is 17.9 Å². The van der Waals surface area contributed by atoms with Crippen molar-refractivity contribution in [1.82, 2.24) is 15.5 Å². The maximum absolute atomic E-state index is 12.7. The largest absolute Gasteiger partial charge is 0.494 e. The fourth-order valence-corrected chi connectivity index (χ4v) is 3.32. The highest BCUT2D eigenvalue weighted by atomic mass is 16.6. The summed E-state index contributed by atoms with van der Waals surface area (Å²) in [6, 6.07) is 7.23. The summed E-state index contributed by atoms with van der Waals surface area (Å²) in [6.45, 7) is 10.0. The summed E-state index contributed by atoms with van der Waals surface area (Å²) >= 11 is 0. The molecule has 3 amide bonds. The summed E-state index contributed by atoms with van der Waals surface area (Å²) in [5, 5.41) is 5.50. The number of nitrogens with one attached hydrogen (secondary N) is 2. The molecule has 0 spiro atoms. The molecule has 1 saturated heterocycles. The molecule has 1 heterocycles. The Morgan fingerprint density at radius 1 is 1.06 bits per heavy atom. The highest BCUT2D eigenvalue weighted by molar-refractivity contribution is 5.94. The lowest BCUT2D eigenvalue weighted by Gasteiger charge is -2.32. The number of carbonyl (C=O) groups is 3. The van der Waals surface area contributed by atoms with Crippen LogP contribution in [0.5, 0.6) is 5.75 Å². The normalized spacial score (nSPS) is 14.6. The molecule has 1 aliphatic heterocycles. The van der Waals surface area contributed by atoms with Gasteiger partial charge in [0.25, 0.3) is 5.91 Å². The topological polar surface area (TPSA) is 97.0 Å². The Morgan fingerprint density at radius 3 is 2.29 bits per heavy atom. The number of likely N-dealkylation sites (tertiary alicyclic amines) is 1. The van der Waals surface area contributed by atoms with Gasteiger partial charge in [-0.05, 0) is 70.7 Å². The first-order valence-electron chi connectivity index (χ1n) is 10.9. The molecule has 0 bridgehead atoms. The van der Waals surface area contributed by atoms with Gasteiger partial charge in [0.15, 0.2) is 0 Å². The molecule has 2 N–H and O–H groups in total. The van der Waals surface area contributed by atoms with Crippen molar-refractivity contribution in [2.24, 2.45) is 5.92 Å². The fraction of sp³-hybridized carbons (Fsp3) is 0.609. The maximum atomic E-state index is 12.7. The highest BCUT2D eigenvalue weighted by Crippen LogP contribution is 2.20. The predicted octanol–water partition coefficient (Wildman–Crippen LogP) is 2.97. The number of benzene rings is 1. The van der Waals surface area contributed by atoms with E-state index in [1.165, 1.54) is 0 Å². The van der Waals surface area contributed by atoms with E-state index in [4.69, 9.17) is 9.47 Å². The van der Waals surface area contributed by atoms with Crippen molar-refractivity contribution in [3.63, 3.8) is 0 Å². The first-order valence-corrected chi connectivity index (χ1v) is 10.9. The van der Waals surface area contributed by atoms with Gasteiger partial charge >= 0.3 is 6.09 Å². The molecule has 1 aromatic rings. The Kier molecular flexibility index (Phi) is 9.15. The average molecular weight is 434 g/mol. The molecule has 0 aliphatic carbocycles. The van der Waals surface area contributed by atoms with Crippen molar-refractivity contribution in [1.29, 1.82) is 0 Å². The van der Waals surface area contributed by atoms with Gasteiger partial charge in [-0.3, -0.25) is 9.59 Å². The fourth-order valence-electron chi connectivity index (χ4n) is 3.32. The zero-order valence-corrected chi connectivity index (χ0v) is 19.0. The van der Waals surface area contributed by atoms with E-state index < -0.39 is 11.7 Å². The van der Waals surface area contributed by atoms with E-state index >= 15 is 0 Å². The van der Waals surface area contributed by atoms with Gasteiger partial charge < -0.3 is 25.0 Å². The van der Waals surface area contributed by atoms with E-state index in [-0.39, 0.29) is 24.8 Å². The number of alkyl carbamates (subject to hydrolysis) is 1. The quantitative estimate of drug-likeness (QED) is 0.657. The van der Waals surface area contributed by atoms with Gasteiger partial charge in [0.2, 0.25) is 5.91 Å². The van der Waals surface area contributed by atoms with Crippen LogP contribution in [0.4, 0.5) is 4.79 Å². The summed E-state index contributed by atoms with van der Waals surface area (Å²) in [6.07, 6.45) is 1.37. The first kappa shape index (κ1) is 24.5. The Balaban J connectivity index is 1.64. The third-order valence-electron chi connectivity index (χ3n) is 4.92. The van der Waals surface area contributed by atoms with Crippen LogP contribution in [0.25, 0.3) is 0 Å². The van der Waals surface area contributed by atoms with Crippen LogP contribution in [0.1, 0.15) is 57.3 Å². The molecule has 0 unspecified atom stereocenters. The SMILES string of the molecule is CCOc1ccc(C(=O)N2CCC(CNC(=O)CCNC(=O)OC(C)(C)C)CC2)cc1. The van der Waals surface area contributed by atoms with Gasteiger partial charge in [-0.2, -0.15) is 0 Å². The van der Waals surface area contributed by atoms with Crippen molar-refractivity contribution in [3.8, 4) is 5.75 Å². The summed E-state index contributed by atoms with van der Waals surface area (Å²) in [5.41, 5.74) is 0.0999. The zero-order chi connectivity index (χ0) is 22.9. The van der Waals surface area contributed by atoms with Gasteiger partial charge in [0.05, 0.1) is 6.61 Å². The van der Waals surface area contributed by atoms with Gasteiger partial charge in [0, 0.05) is 38.2 Å². The molecule has 0 saturated carbocycles. The second kappa shape index (κ2) is 11.6. The maximum Gasteiger partial charge on any atom is 0.407 e. The number of hydrogen-bond donors (Lipinski definition) is 2. The van der Waals surface area contributed by atoms with Gasteiger partial charge in [-0.1, -0.05) is 0 Å². The Morgan fingerprint density at radius 2 is 1.71 bits per heavy atom. The van der Waals surface area contributed by atoms with Crippen molar-refractivity contribution in [2.45, 2.75) is 52.6 Å². The van der Waals surface area contributed by atoms with Crippen LogP contribution in [-0.2, 0) is 9.53 Å². The highest BCUT2D eigenvalue weighted by Gasteiger charge is 2.24. The molecule has 31 heavy (non-hydrogen) atoms. The van der Waals surface area contributed by atoms with Crippen LogP contribution in [0.15, 0.2) is 24.3 Å². The van der Waals surface area contributed by atoms with Gasteiger partial charge in [0.1, 0.15) is 11.4 Å². The molecule has 0 radical (unpaired) electrons. The molecule has 0 aromatic heterocycles. The second-order valence-electron chi connectivity index (χ2n) is 8.68. The zero-order valence-electron chi connectivity index (χ0n) is 19.0. The third-order valence-corrected chi connectivity index (χ3v) is 4.92. The molecule has 0 atom stereocenters. The van der Waals surface area contributed by atoms with Crippen molar-refractivity contribution in [2.75, 3.05) is 32.8 Å². The van der Waals surface area contributed by atoms with Crippen LogP contribution in [0.3, 0.4) is 0 Å². The summed E-state index contributed by atoms with van der Waals surface area (Å²) in [7, 11) is 0. The minimum absolute atomic E-state index is 0.0266. The minimum atomic E-state index is -0.560. The summed E-state index contributed by atoms with van der Waals surface area (Å²) < 4.78 is 10.5.